The van der Waals surface area contributed by atoms with Gasteiger partial charge < -0.3 is 19.7 Å². The fourth-order valence-corrected chi connectivity index (χ4v) is 10.3. The Hall–Kier alpha value is -0.160. The summed E-state index contributed by atoms with van der Waals surface area (Å²) in [5.41, 5.74) is 0.550. The lowest BCUT2D eigenvalue weighted by Crippen LogP contribution is -2.57. The number of ether oxygens (including phenoxy) is 2. The Morgan fingerprint density at radius 3 is 2.39 bits per heavy atom. The highest BCUT2D eigenvalue weighted by molar-refractivity contribution is 5.15. The molecule has 176 valence electrons. The Balaban J connectivity index is 1.26. The van der Waals surface area contributed by atoms with E-state index < -0.39 is 12.2 Å². The van der Waals surface area contributed by atoms with E-state index in [0.29, 0.717) is 41.1 Å². The number of aliphatic hydroxyl groups is 2. The van der Waals surface area contributed by atoms with E-state index in [1.165, 1.54) is 38.5 Å². The van der Waals surface area contributed by atoms with E-state index in [2.05, 4.69) is 27.7 Å². The predicted molar refractivity (Wildman–Crippen MR) is 119 cm³/mol. The van der Waals surface area contributed by atoms with Gasteiger partial charge in [0.05, 0.1) is 24.9 Å². The predicted octanol–water partition coefficient (Wildman–Crippen LogP) is 4.76. The van der Waals surface area contributed by atoms with Crippen LogP contribution in [0, 0.1) is 52.3 Å². The summed E-state index contributed by atoms with van der Waals surface area (Å²) in [6, 6.07) is 0. The van der Waals surface area contributed by atoms with Gasteiger partial charge in [-0.05, 0) is 97.7 Å². The molecule has 0 unspecified atom stereocenters. The molecule has 0 amide bonds. The first kappa shape index (κ1) is 21.4. The van der Waals surface area contributed by atoms with Crippen LogP contribution in [0.1, 0.15) is 85.5 Å². The smallest absolute Gasteiger partial charge is 0.171 e. The van der Waals surface area contributed by atoms with Gasteiger partial charge in [0.2, 0.25) is 0 Å². The summed E-state index contributed by atoms with van der Waals surface area (Å²) in [7, 11) is 0. The molecule has 31 heavy (non-hydrogen) atoms. The molecule has 2 aliphatic heterocycles. The zero-order valence-electron chi connectivity index (χ0n) is 20.1. The molecule has 4 saturated carbocycles. The Morgan fingerprint density at radius 1 is 0.839 bits per heavy atom. The van der Waals surface area contributed by atoms with Crippen LogP contribution in [0.25, 0.3) is 0 Å². The summed E-state index contributed by atoms with van der Waals surface area (Å²) in [6.45, 7) is 10.6. The molecule has 6 rings (SSSR count). The average molecular weight is 433 g/mol. The molecule has 2 saturated heterocycles. The van der Waals surface area contributed by atoms with Gasteiger partial charge in [0, 0.05) is 12.3 Å². The standard InChI is InChI=1S/C27H44O4/c1-15-7-10-27(30-14-15)16(2)24-23(31-27)12-20-18-6-5-17-11-21(28)22(29)13-26(17,4)19(18)8-9-25(20,24)3/h15-24,28-29H,5-14H2,1-4H3/t15-,16-,17+,18+,19-,20-,21+,22+,23-,24-,25-,26-,27+/m0/s1. The molecule has 0 radical (unpaired) electrons. The van der Waals surface area contributed by atoms with Crippen LogP contribution in [-0.4, -0.2) is 40.9 Å². The van der Waals surface area contributed by atoms with Crippen molar-refractivity contribution in [2.45, 2.75) is 110 Å². The van der Waals surface area contributed by atoms with E-state index in [-0.39, 0.29) is 11.2 Å². The number of aliphatic hydroxyl groups excluding tert-OH is 2. The van der Waals surface area contributed by atoms with E-state index in [4.69, 9.17) is 9.47 Å². The molecule has 13 atom stereocenters. The van der Waals surface area contributed by atoms with E-state index >= 15 is 0 Å². The number of hydrogen-bond acceptors (Lipinski definition) is 4. The average Bonchev–Trinajstić information content (AvgIpc) is 3.16. The van der Waals surface area contributed by atoms with Gasteiger partial charge in [-0.2, -0.15) is 0 Å². The Morgan fingerprint density at radius 2 is 1.65 bits per heavy atom. The van der Waals surface area contributed by atoms with Crippen LogP contribution in [0.4, 0.5) is 0 Å². The van der Waals surface area contributed by atoms with E-state index in [1.54, 1.807) is 0 Å². The van der Waals surface area contributed by atoms with Crippen molar-refractivity contribution in [1.29, 1.82) is 0 Å². The third-order valence-electron chi connectivity index (χ3n) is 12.0. The molecule has 1 spiro atoms. The van der Waals surface area contributed by atoms with E-state index in [1.807, 2.05) is 0 Å². The van der Waals surface area contributed by atoms with E-state index in [0.717, 1.165) is 37.7 Å². The molecule has 4 aliphatic carbocycles. The molecule has 0 aromatic heterocycles. The van der Waals surface area contributed by atoms with Gasteiger partial charge in [0.25, 0.3) is 0 Å². The van der Waals surface area contributed by atoms with Crippen LogP contribution in [0.2, 0.25) is 0 Å². The second-order valence-electron chi connectivity index (χ2n) is 13.2. The minimum Gasteiger partial charge on any atom is -0.390 e. The highest BCUT2D eigenvalue weighted by Gasteiger charge is 2.69. The molecule has 2 heterocycles. The second-order valence-corrected chi connectivity index (χ2v) is 13.2. The van der Waals surface area contributed by atoms with Crippen molar-refractivity contribution >= 4 is 0 Å². The van der Waals surface area contributed by atoms with Crippen molar-refractivity contribution in [3.63, 3.8) is 0 Å². The number of hydrogen-bond donors (Lipinski definition) is 2. The van der Waals surface area contributed by atoms with Gasteiger partial charge in [-0.15, -0.1) is 0 Å². The fourth-order valence-electron chi connectivity index (χ4n) is 10.3. The van der Waals surface area contributed by atoms with Crippen LogP contribution < -0.4 is 0 Å². The van der Waals surface area contributed by atoms with Crippen molar-refractivity contribution in [3.8, 4) is 0 Å². The molecule has 0 aromatic rings. The second kappa shape index (κ2) is 6.93. The van der Waals surface area contributed by atoms with Crippen molar-refractivity contribution in [2.24, 2.45) is 52.3 Å². The van der Waals surface area contributed by atoms with E-state index in [9.17, 15) is 10.2 Å². The van der Waals surface area contributed by atoms with Crippen LogP contribution in [0.5, 0.6) is 0 Å². The summed E-state index contributed by atoms with van der Waals surface area (Å²) in [5.74, 6) is 4.21. The molecule has 0 bridgehead atoms. The third-order valence-corrected chi connectivity index (χ3v) is 12.0. The number of fused-ring (bicyclic) bond motifs is 7. The van der Waals surface area contributed by atoms with Gasteiger partial charge in [-0.25, -0.2) is 0 Å². The maximum absolute atomic E-state index is 10.6. The monoisotopic (exact) mass is 432 g/mol. The third kappa shape index (κ3) is 2.80. The molecule has 4 heteroatoms. The molecule has 6 fully saturated rings. The Bertz CT molecular complexity index is 716. The van der Waals surface area contributed by atoms with Crippen molar-refractivity contribution in [2.75, 3.05) is 6.61 Å². The van der Waals surface area contributed by atoms with Crippen LogP contribution in [0.15, 0.2) is 0 Å². The van der Waals surface area contributed by atoms with Gasteiger partial charge in [0.1, 0.15) is 0 Å². The summed E-state index contributed by atoms with van der Waals surface area (Å²) in [5, 5.41) is 20.9. The number of rotatable bonds is 0. The minimum absolute atomic E-state index is 0.191. The van der Waals surface area contributed by atoms with Crippen LogP contribution in [-0.2, 0) is 9.47 Å². The summed E-state index contributed by atoms with van der Waals surface area (Å²) >= 11 is 0. The van der Waals surface area contributed by atoms with Crippen molar-refractivity contribution in [3.05, 3.63) is 0 Å². The zero-order valence-corrected chi connectivity index (χ0v) is 20.1. The van der Waals surface area contributed by atoms with Crippen LogP contribution in [0.3, 0.4) is 0 Å². The first-order chi connectivity index (χ1) is 14.7. The maximum atomic E-state index is 10.6. The topological polar surface area (TPSA) is 58.9 Å². The van der Waals surface area contributed by atoms with Gasteiger partial charge in [-0.1, -0.05) is 27.7 Å². The minimum atomic E-state index is -0.537. The van der Waals surface area contributed by atoms with Crippen LogP contribution >= 0.6 is 0 Å². The fraction of sp³-hybridized carbons (Fsp3) is 1.00. The van der Waals surface area contributed by atoms with Gasteiger partial charge >= 0.3 is 0 Å². The summed E-state index contributed by atoms with van der Waals surface area (Å²) in [4.78, 5) is 0. The lowest BCUT2D eigenvalue weighted by Gasteiger charge is -2.61. The lowest BCUT2D eigenvalue weighted by atomic mass is 9.44. The molecular weight excluding hydrogens is 388 g/mol. The molecular formula is C27H44O4. The molecule has 0 aromatic carbocycles. The molecule has 4 nitrogen and oxygen atoms in total. The quantitative estimate of drug-likeness (QED) is 0.579. The zero-order chi connectivity index (χ0) is 21.8. The van der Waals surface area contributed by atoms with Crippen molar-refractivity contribution < 1.29 is 19.7 Å². The molecule has 2 N–H and O–H groups in total. The Kier molecular flexibility index (Phi) is 4.78. The Labute approximate surface area is 188 Å². The van der Waals surface area contributed by atoms with Gasteiger partial charge in [0.15, 0.2) is 5.79 Å². The summed E-state index contributed by atoms with van der Waals surface area (Å²) in [6.07, 6.45) is 9.51. The lowest BCUT2D eigenvalue weighted by molar-refractivity contribution is -0.273. The first-order valence-electron chi connectivity index (χ1n) is 13.4. The largest absolute Gasteiger partial charge is 0.390 e. The van der Waals surface area contributed by atoms with Gasteiger partial charge in [-0.3, -0.25) is 0 Å². The first-order valence-corrected chi connectivity index (χ1v) is 13.4. The normalized spacial score (nSPS) is 63.3. The molecule has 6 aliphatic rings. The maximum Gasteiger partial charge on any atom is 0.171 e. The van der Waals surface area contributed by atoms with Crippen molar-refractivity contribution in [1.82, 2.24) is 0 Å². The SMILES string of the molecule is C[C@H]1CC[C@@]2(OC1)O[C@H]1C[C@H]3[C@@H]4CC[C@@H]5C[C@@H](O)[C@H](O)C[C@]5(C)[C@H]4CC[C@]3(C)[C@H]1[C@@H]2C. The summed E-state index contributed by atoms with van der Waals surface area (Å²) < 4.78 is 13.3. The highest BCUT2D eigenvalue weighted by atomic mass is 16.7. The highest BCUT2D eigenvalue weighted by Crippen LogP contribution is 2.71.